The number of piperazine rings is 1. The minimum absolute atomic E-state index is 0.0495. The fourth-order valence-electron chi connectivity index (χ4n) is 3.63. The lowest BCUT2D eigenvalue weighted by Crippen LogP contribution is -2.55. The standard InChI is InChI=1S/C20H27N3O5/c24-18(16-4-2-1-3-5-16)14-17(20(26)27)22-8-6-21(7-9-22)15-19(25)23-10-12-28-13-11-23/h1-5,17H,6-15H2,(H,26,27). The fourth-order valence-corrected chi connectivity index (χ4v) is 3.63. The molecule has 8 nitrogen and oxygen atoms in total. The number of hydrogen-bond donors (Lipinski definition) is 1. The quantitative estimate of drug-likeness (QED) is 0.666. The SMILES string of the molecule is O=C(CC(C(=O)O)N1CCN(CC(=O)N2CCOCC2)CC1)c1ccccc1. The van der Waals surface area contributed by atoms with Crippen molar-refractivity contribution in [1.29, 1.82) is 0 Å². The maximum atomic E-state index is 12.4. The molecule has 2 saturated heterocycles. The summed E-state index contributed by atoms with van der Waals surface area (Å²) in [7, 11) is 0. The molecule has 28 heavy (non-hydrogen) atoms. The molecule has 0 bridgehead atoms. The molecule has 0 aliphatic carbocycles. The van der Waals surface area contributed by atoms with Crippen molar-refractivity contribution in [2.45, 2.75) is 12.5 Å². The molecule has 3 rings (SSSR count). The summed E-state index contributed by atoms with van der Waals surface area (Å²) in [4.78, 5) is 42.2. The van der Waals surface area contributed by atoms with Gasteiger partial charge in [-0.15, -0.1) is 0 Å². The van der Waals surface area contributed by atoms with Crippen LogP contribution in [0.3, 0.4) is 0 Å². The van der Waals surface area contributed by atoms with Crippen molar-refractivity contribution >= 4 is 17.7 Å². The van der Waals surface area contributed by atoms with Gasteiger partial charge in [0.2, 0.25) is 5.91 Å². The molecule has 0 spiro atoms. The number of carboxylic acids is 1. The second kappa shape index (κ2) is 9.77. The molecule has 0 aromatic heterocycles. The van der Waals surface area contributed by atoms with Gasteiger partial charge in [-0.25, -0.2) is 0 Å². The van der Waals surface area contributed by atoms with E-state index in [2.05, 4.69) is 0 Å². The predicted molar refractivity (Wildman–Crippen MR) is 102 cm³/mol. The number of carbonyl (C=O) groups excluding carboxylic acids is 2. The van der Waals surface area contributed by atoms with Gasteiger partial charge in [0.05, 0.1) is 19.8 Å². The molecular weight excluding hydrogens is 362 g/mol. The van der Waals surface area contributed by atoms with Crippen LogP contribution >= 0.6 is 0 Å². The number of benzene rings is 1. The molecule has 1 atom stereocenters. The van der Waals surface area contributed by atoms with Crippen LogP contribution in [0.5, 0.6) is 0 Å². The van der Waals surface area contributed by atoms with E-state index in [1.807, 2.05) is 20.8 Å². The maximum absolute atomic E-state index is 12.4. The lowest BCUT2D eigenvalue weighted by molar-refractivity contribution is -0.145. The van der Waals surface area contributed by atoms with Crippen molar-refractivity contribution in [2.75, 3.05) is 59.0 Å². The number of ether oxygens (including phenoxy) is 1. The number of carbonyl (C=O) groups is 3. The van der Waals surface area contributed by atoms with Gasteiger partial charge in [-0.05, 0) is 0 Å². The third-order valence-corrected chi connectivity index (χ3v) is 5.33. The first-order chi connectivity index (χ1) is 13.5. The lowest BCUT2D eigenvalue weighted by atomic mass is 10.0. The monoisotopic (exact) mass is 389 g/mol. The summed E-state index contributed by atoms with van der Waals surface area (Å²) >= 11 is 0. The minimum Gasteiger partial charge on any atom is -0.480 e. The van der Waals surface area contributed by atoms with Crippen molar-refractivity contribution in [3.63, 3.8) is 0 Å². The molecule has 8 heteroatoms. The van der Waals surface area contributed by atoms with E-state index in [4.69, 9.17) is 4.74 Å². The predicted octanol–water partition coefficient (Wildman–Crippen LogP) is 0.189. The van der Waals surface area contributed by atoms with E-state index in [1.54, 1.807) is 24.3 Å². The van der Waals surface area contributed by atoms with Gasteiger partial charge in [-0.2, -0.15) is 0 Å². The van der Waals surface area contributed by atoms with Gasteiger partial charge in [0.1, 0.15) is 6.04 Å². The number of morpholine rings is 1. The van der Waals surface area contributed by atoms with E-state index in [-0.39, 0.29) is 18.1 Å². The molecule has 1 aromatic carbocycles. The number of Topliss-reactive ketones (excluding diaryl/α,β-unsaturated/α-hetero) is 1. The number of hydrogen-bond acceptors (Lipinski definition) is 6. The number of ketones is 1. The molecule has 2 fully saturated rings. The van der Waals surface area contributed by atoms with E-state index < -0.39 is 12.0 Å². The van der Waals surface area contributed by atoms with Crippen LogP contribution in [0.4, 0.5) is 0 Å². The molecule has 2 aliphatic rings. The highest BCUT2D eigenvalue weighted by Gasteiger charge is 2.32. The smallest absolute Gasteiger partial charge is 0.321 e. The Kier molecular flexibility index (Phi) is 7.13. The highest BCUT2D eigenvalue weighted by Crippen LogP contribution is 2.14. The summed E-state index contributed by atoms with van der Waals surface area (Å²) in [5.41, 5.74) is 0.531. The van der Waals surface area contributed by atoms with Crippen molar-refractivity contribution < 1.29 is 24.2 Å². The zero-order valence-electron chi connectivity index (χ0n) is 16.0. The van der Waals surface area contributed by atoms with E-state index in [9.17, 15) is 19.5 Å². The first-order valence-corrected chi connectivity index (χ1v) is 9.67. The average Bonchev–Trinajstić information content (AvgIpc) is 2.73. The van der Waals surface area contributed by atoms with Crippen LogP contribution in [0.1, 0.15) is 16.8 Å². The van der Waals surface area contributed by atoms with E-state index >= 15 is 0 Å². The highest BCUT2D eigenvalue weighted by atomic mass is 16.5. The first kappa shape index (κ1) is 20.4. The Balaban J connectivity index is 1.50. The molecule has 2 heterocycles. The highest BCUT2D eigenvalue weighted by molar-refractivity contribution is 5.98. The second-order valence-corrected chi connectivity index (χ2v) is 7.15. The summed E-state index contributed by atoms with van der Waals surface area (Å²) in [5, 5.41) is 9.62. The van der Waals surface area contributed by atoms with Crippen LogP contribution in [0.15, 0.2) is 30.3 Å². The van der Waals surface area contributed by atoms with Crippen molar-refractivity contribution in [2.24, 2.45) is 0 Å². The van der Waals surface area contributed by atoms with Crippen molar-refractivity contribution in [3.05, 3.63) is 35.9 Å². The van der Waals surface area contributed by atoms with Crippen molar-refractivity contribution in [1.82, 2.24) is 14.7 Å². The number of carboxylic acid groups (broad SMARTS) is 1. The van der Waals surface area contributed by atoms with Crippen LogP contribution in [-0.4, -0.2) is 103 Å². The molecule has 1 unspecified atom stereocenters. The molecule has 0 radical (unpaired) electrons. The van der Waals surface area contributed by atoms with Crippen LogP contribution in [-0.2, 0) is 14.3 Å². The Morgan fingerprint density at radius 3 is 2.21 bits per heavy atom. The van der Waals surface area contributed by atoms with Crippen LogP contribution < -0.4 is 0 Å². The fraction of sp³-hybridized carbons (Fsp3) is 0.550. The number of amides is 1. The molecule has 1 aromatic rings. The second-order valence-electron chi connectivity index (χ2n) is 7.15. The van der Waals surface area contributed by atoms with Crippen molar-refractivity contribution in [3.8, 4) is 0 Å². The Hall–Kier alpha value is -2.29. The van der Waals surface area contributed by atoms with Gasteiger partial charge in [0, 0.05) is 51.3 Å². The maximum Gasteiger partial charge on any atom is 0.321 e. The Bertz CT molecular complexity index is 682. The largest absolute Gasteiger partial charge is 0.480 e. The summed E-state index contributed by atoms with van der Waals surface area (Å²) in [6.07, 6.45) is -0.0495. The Morgan fingerprint density at radius 2 is 1.61 bits per heavy atom. The first-order valence-electron chi connectivity index (χ1n) is 9.67. The third kappa shape index (κ3) is 5.37. The summed E-state index contributed by atoms with van der Waals surface area (Å²) in [6, 6.07) is 7.93. The Labute approximate surface area is 164 Å². The molecular formula is C20H27N3O5. The molecule has 1 N–H and O–H groups in total. The van der Waals surface area contributed by atoms with Gasteiger partial charge >= 0.3 is 5.97 Å². The average molecular weight is 389 g/mol. The van der Waals surface area contributed by atoms with E-state index in [1.165, 1.54) is 0 Å². The normalized spacial score (nSPS) is 19.9. The molecule has 152 valence electrons. The minimum atomic E-state index is -0.984. The molecule has 2 aliphatic heterocycles. The Morgan fingerprint density at radius 1 is 0.964 bits per heavy atom. The van der Waals surface area contributed by atoms with Crippen LogP contribution in [0.25, 0.3) is 0 Å². The van der Waals surface area contributed by atoms with Gasteiger partial charge in [-0.3, -0.25) is 24.2 Å². The zero-order chi connectivity index (χ0) is 19.9. The van der Waals surface area contributed by atoms with Gasteiger partial charge in [-0.1, -0.05) is 30.3 Å². The molecule has 0 saturated carbocycles. The van der Waals surface area contributed by atoms with Gasteiger partial charge in [0.25, 0.3) is 0 Å². The topological polar surface area (TPSA) is 90.4 Å². The van der Waals surface area contributed by atoms with Crippen LogP contribution in [0.2, 0.25) is 0 Å². The zero-order valence-corrected chi connectivity index (χ0v) is 16.0. The van der Waals surface area contributed by atoms with Crippen LogP contribution in [0, 0.1) is 0 Å². The van der Waals surface area contributed by atoms with E-state index in [0.717, 1.165) is 0 Å². The number of nitrogens with zero attached hydrogens (tertiary/aromatic N) is 3. The summed E-state index contributed by atoms with van der Waals surface area (Å²) in [5.74, 6) is -1.06. The number of rotatable bonds is 7. The van der Waals surface area contributed by atoms with Gasteiger partial charge in [0.15, 0.2) is 5.78 Å². The van der Waals surface area contributed by atoms with Gasteiger partial charge < -0.3 is 14.7 Å². The molecule has 1 amide bonds. The third-order valence-electron chi connectivity index (χ3n) is 5.33. The van der Waals surface area contributed by atoms with E-state index in [0.29, 0.717) is 64.6 Å². The summed E-state index contributed by atoms with van der Waals surface area (Å²) < 4.78 is 5.27. The lowest BCUT2D eigenvalue weighted by Gasteiger charge is -2.38. The number of aliphatic carboxylic acids is 1. The summed E-state index contributed by atoms with van der Waals surface area (Å²) in [6.45, 7) is 5.02.